The average molecular weight is 250 g/mol. The van der Waals surface area contributed by atoms with Gasteiger partial charge in [-0.05, 0) is 39.8 Å². The molecule has 1 saturated heterocycles. The summed E-state index contributed by atoms with van der Waals surface area (Å²) in [6, 6.07) is 0.673. The largest absolute Gasteiger partial charge is 0.461 e. The Balaban J connectivity index is 2.06. The number of likely N-dealkylation sites (tertiary alicyclic amines) is 1. The number of ether oxygens (including phenoxy) is 1. The zero-order valence-corrected chi connectivity index (χ0v) is 11.2. The van der Waals surface area contributed by atoms with Gasteiger partial charge in [0.15, 0.2) is 0 Å². The summed E-state index contributed by atoms with van der Waals surface area (Å²) >= 11 is 0. The highest BCUT2D eigenvalue weighted by Crippen LogP contribution is 2.23. The quantitative estimate of drug-likeness (QED) is 0.855. The third kappa shape index (κ3) is 3.17. The minimum atomic E-state index is 0.0970. The Morgan fingerprint density at radius 1 is 1.28 bits per heavy atom. The van der Waals surface area contributed by atoms with Crippen LogP contribution >= 0.6 is 0 Å². The smallest absolute Gasteiger partial charge is 0.316 e. The maximum absolute atomic E-state index is 5.87. The molecule has 1 fully saturated rings. The van der Waals surface area contributed by atoms with Crippen LogP contribution in [0.5, 0.6) is 6.01 Å². The van der Waals surface area contributed by atoms with E-state index in [-0.39, 0.29) is 12.1 Å². The average Bonchev–Trinajstić information content (AvgIpc) is 2.85. The second-order valence-electron chi connectivity index (χ2n) is 4.96. The van der Waals surface area contributed by atoms with Crippen LogP contribution in [0.25, 0.3) is 0 Å². The molecule has 0 bridgehead atoms. The van der Waals surface area contributed by atoms with Crippen molar-refractivity contribution in [3.63, 3.8) is 0 Å². The molecule has 1 unspecified atom stereocenters. The molecule has 5 heteroatoms. The van der Waals surface area contributed by atoms with Gasteiger partial charge in [0, 0.05) is 24.5 Å². The summed E-state index contributed by atoms with van der Waals surface area (Å²) in [7, 11) is 0. The number of aromatic nitrogens is 2. The molecule has 0 amide bonds. The normalized spacial score (nSPS) is 18.2. The van der Waals surface area contributed by atoms with Crippen molar-refractivity contribution in [2.45, 2.75) is 38.8 Å². The van der Waals surface area contributed by atoms with Gasteiger partial charge in [-0.1, -0.05) is 0 Å². The van der Waals surface area contributed by atoms with Gasteiger partial charge < -0.3 is 10.5 Å². The highest BCUT2D eigenvalue weighted by atomic mass is 16.5. The standard InChI is InChI=1S/C13H22N4O/c1-10(2)18-13-15-8-11(9-16-13)12(7-14)17-5-3-4-6-17/h8-10,12H,3-7,14H2,1-2H3. The first-order valence-electron chi connectivity index (χ1n) is 6.63. The van der Waals surface area contributed by atoms with E-state index in [1.165, 1.54) is 12.8 Å². The van der Waals surface area contributed by atoms with Crippen molar-refractivity contribution in [2.24, 2.45) is 5.73 Å². The molecule has 100 valence electrons. The van der Waals surface area contributed by atoms with Gasteiger partial charge >= 0.3 is 6.01 Å². The predicted molar refractivity (Wildman–Crippen MR) is 70.4 cm³/mol. The fraction of sp³-hybridized carbons (Fsp3) is 0.692. The van der Waals surface area contributed by atoms with Crippen LogP contribution in [0.4, 0.5) is 0 Å². The number of nitrogens with two attached hydrogens (primary N) is 1. The summed E-state index contributed by atoms with van der Waals surface area (Å²) in [5, 5.41) is 0. The Labute approximate surface area is 108 Å². The summed E-state index contributed by atoms with van der Waals surface area (Å²) < 4.78 is 5.44. The number of rotatable bonds is 5. The van der Waals surface area contributed by atoms with Gasteiger partial charge in [-0.3, -0.25) is 4.90 Å². The predicted octanol–water partition coefficient (Wildman–Crippen LogP) is 1.36. The van der Waals surface area contributed by atoms with Crippen molar-refractivity contribution >= 4 is 0 Å². The summed E-state index contributed by atoms with van der Waals surface area (Å²) in [4.78, 5) is 10.9. The molecule has 2 heterocycles. The number of nitrogens with zero attached hydrogens (tertiary/aromatic N) is 3. The lowest BCUT2D eigenvalue weighted by Crippen LogP contribution is -2.31. The van der Waals surface area contributed by atoms with E-state index < -0.39 is 0 Å². The monoisotopic (exact) mass is 250 g/mol. The maximum atomic E-state index is 5.87. The van der Waals surface area contributed by atoms with E-state index in [2.05, 4.69) is 14.9 Å². The first kappa shape index (κ1) is 13.2. The summed E-state index contributed by atoms with van der Waals surface area (Å²) in [6.07, 6.45) is 6.28. The lowest BCUT2D eigenvalue weighted by Gasteiger charge is -2.26. The summed E-state index contributed by atoms with van der Waals surface area (Å²) in [6.45, 7) is 6.76. The Bertz CT molecular complexity index is 360. The lowest BCUT2D eigenvalue weighted by molar-refractivity contribution is 0.219. The van der Waals surface area contributed by atoms with Crippen LogP contribution in [0.3, 0.4) is 0 Å². The molecule has 1 aliphatic heterocycles. The molecule has 0 aromatic carbocycles. The Morgan fingerprint density at radius 2 is 1.89 bits per heavy atom. The van der Waals surface area contributed by atoms with Crippen molar-refractivity contribution in [3.05, 3.63) is 18.0 Å². The molecule has 0 aliphatic carbocycles. The third-order valence-electron chi connectivity index (χ3n) is 3.18. The van der Waals surface area contributed by atoms with Crippen LogP contribution in [-0.2, 0) is 0 Å². The fourth-order valence-electron chi connectivity index (χ4n) is 2.32. The van der Waals surface area contributed by atoms with E-state index in [0.717, 1.165) is 18.7 Å². The van der Waals surface area contributed by atoms with Crippen molar-refractivity contribution in [1.29, 1.82) is 0 Å². The van der Waals surface area contributed by atoms with Crippen LogP contribution in [0.1, 0.15) is 38.3 Å². The Morgan fingerprint density at radius 3 is 2.39 bits per heavy atom. The van der Waals surface area contributed by atoms with Gasteiger partial charge in [0.05, 0.1) is 12.1 Å². The highest BCUT2D eigenvalue weighted by molar-refractivity contribution is 5.13. The second-order valence-corrected chi connectivity index (χ2v) is 4.96. The van der Waals surface area contributed by atoms with Gasteiger partial charge in [-0.15, -0.1) is 0 Å². The van der Waals surface area contributed by atoms with Crippen LogP contribution < -0.4 is 10.5 Å². The van der Waals surface area contributed by atoms with E-state index in [4.69, 9.17) is 10.5 Å². The zero-order chi connectivity index (χ0) is 13.0. The van der Waals surface area contributed by atoms with Gasteiger partial charge in [0.1, 0.15) is 0 Å². The molecule has 0 radical (unpaired) electrons. The zero-order valence-electron chi connectivity index (χ0n) is 11.2. The van der Waals surface area contributed by atoms with Crippen LogP contribution in [-0.4, -0.2) is 40.6 Å². The first-order chi connectivity index (χ1) is 8.70. The van der Waals surface area contributed by atoms with Gasteiger partial charge in [-0.2, -0.15) is 0 Å². The number of hydrogen-bond donors (Lipinski definition) is 1. The van der Waals surface area contributed by atoms with Crippen molar-refractivity contribution in [1.82, 2.24) is 14.9 Å². The molecule has 1 aliphatic rings. The van der Waals surface area contributed by atoms with Crippen LogP contribution in [0.15, 0.2) is 12.4 Å². The minimum absolute atomic E-state index is 0.0970. The molecule has 1 atom stereocenters. The van der Waals surface area contributed by atoms with Crippen LogP contribution in [0, 0.1) is 0 Å². The van der Waals surface area contributed by atoms with Gasteiger partial charge in [-0.25, -0.2) is 9.97 Å². The van der Waals surface area contributed by atoms with Crippen molar-refractivity contribution in [3.8, 4) is 6.01 Å². The molecule has 1 aromatic heterocycles. The van der Waals surface area contributed by atoms with Crippen LogP contribution in [0.2, 0.25) is 0 Å². The SMILES string of the molecule is CC(C)Oc1ncc(C(CN)N2CCCC2)cn1. The lowest BCUT2D eigenvalue weighted by atomic mass is 10.1. The molecule has 2 N–H and O–H groups in total. The topological polar surface area (TPSA) is 64.3 Å². The molecule has 5 nitrogen and oxygen atoms in total. The summed E-state index contributed by atoms with van der Waals surface area (Å²) in [5.41, 5.74) is 6.95. The minimum Gasteiger partial charge on any atom is -0.461 e. The molecule has 0 spiro atoms. The van der Waals surface area contributed by atoms with E-state index in [1.807, 2.05) is 26.2 Å². The van der Waals surface area contributed by atoms with E-state index >= 15 is 0 Å². The van der Waals surface area contributed by atoms with E-state index in [0.29, 0.717) is 12.6 Å². The molecular weight excluding hydrogens is 228 g/mol. The second kappa shape index (κ2) is 6.11. The molecular formula is C13H22N4O. The number of hydrogen-bond acceptors (Lipinski definition) is 5. The molecule has 2 rings (SSSR count). The maximum Gasteiger partial charge on any atom is 0.316 e. The molecule has 18 heavy (non-hydrogen) atoms. The Kier molecular flexibility index (Phi) is 4.49. The van der Waals surface area contributed by atoms with Crippen molar-refractivity contribution in [2.75, 3.05) is 19.6 Å². The van der Waals surface area contributed by atoms with E-state index in [9.17, 15) is 0 Å². The Hall–Kier alpha value is -1.20. The fourth-order valence-corrected chi connectivity index (χ4v) is 2.32. The molecule has 1 aromatic rings. The third-order valence-corrected chi connectivity index (χ3v) is 3.18. The first-order valence-corrected chi connectivity index (χ1v) is 6.63. The van der Waals surface area contributed by atoms with E-state index in [1.54, 1.807) is 0 Å². The molecule has 0 saturated carbocycles. The highest BCUT2D eigenvalue weighted by Gasteiger charge is 2.22. The summed E-state index contributed by atoms with van der Waals surface area (Å²) in [5.74, 6) is 0. The van der Waals surface area contributed by atoms with Gasteiger partial charge in [0.2, 0.25) is 0 Å². The van der Waals surface area contributed by atoms with Crippen molar-refractivity contribution < 1.29 is 4.74 Å². The van der Waals surface area contributed by atoms with Gasteiger partial charge in [0.25, 0.3) is 0 Å².